The Morgan fingerprint density at radius 1 is 1.41 bits per heavy atom. The summed E-state index contributed by atoms with van der Waals surface area (Å²) in [6.07, 6.45) is 1.59. The predicted molar refractivity (Wildman–Crippen MR) is 63.7 cm³/mol. The summed E-state index contributed by atoms with van der Waals surface area (Å²) in [6, 6.07) is 4.88. The topological polar surface area (TPSA) is 20.3 Å². The highest BCUT2D eigenvalue weighted by atomic mass is 19.1. The highest BCUT2D eigenvalue weighted by Gasteiger charge is 2.38. The summed E-state index contributed by atoms with van der Waals surface area (Å²) in [4.78, 5) is 14.2. The van der Waals surface area contributed by atoms with E-state index in [9.17, 15) is 9.18 Å². The first kappa shape index (κ1) is 10.9. The van der Waals surface area contributed by atoms with E-state index in [0.717, 1.165) is 19.5 Å². The molecule has 0 spiro atoms. The molecule has 1 aliphatic carbocycles. The van der Waals surface area contributed by atoms with Gasteiger partial charge in [-0.05, 0) is 32.0 Å². The molecule has 2 unspecified atom stereocenters. The first-order valence-corrected chi connectivity index (χ1v) is 6.17. The molecule has 0 N–H and O–H groups in total. The maximum Gasteiger partial charge on any atom is 0.163 e. The van der Waals surface area contributed by atoms with Gasteiger partial charge in [-0.25, -0.2) is 4.39 Å². The van der Waals surface area contributed by atoms with Gasteiger partial charge in [0, 0.05) is 30.0 Å². The van der Waals surface area contributed by atoms with Crippen LogP contribution in [-0.4, -0.2) is 30.8 Å². The summed E-state index contributed by atoms with van der Waals surface area (Å²) in [5.74, 6) is 0.442. The summed E-state index contributed by atoms with van der Waals surface area (Å²) in [5.41, 5.74) is 1.28. The summed E-state index contributed by atoms with van der Waals surface area (Å²) in [5, 5.41) is 0. The Labute approximate surface area is 100 Å². The van der Waals surface area contributed by atoms with Crippen LogP contribution in [0.3, 0.4) is 0 Å². The molecule has 2 aliphatic rings. The molecule has 90 valence electrons. The van der Waals surface area contributed by atoms with Crippen LogP contribution in [0, 0.1) is 11.7 Å². The number of ketones is 1. The van der Waals surface area contributed by atoms with E-state index in [1.165, 1.54) is 6.07 Å². The standard InChI is InChI=1S/C14H16FNO/c1-16-6-5-9-7-13(17)10-3-2-4-12(15)14(10)11(9)8-16/h2-4,9,11H,5-8H2,1H3. The molecule has 1 aromatic carbocycles. The normalized spacial score (nSPS) is 28.7. The van der Waals surface area contributed by atoms with Crippen LogP contribution in [0.15, 0.2) is 18.2 Å². The second-order valence-electron chi connectivity index (χ2n) is 5.25. The number of hydrogen-bond donors (Lipinski definition) is 0. The third-order valence-electron chi connectivity index (χ3n) is 4.13. The van der Waals surface area contributed by atoms with Crippen molar-refractivity contribution in [3.63, 3.8) is 0 Å². The summed E-state index contributed by atoms with van der Waals surface area (Å²) < 4.78 is 14.0. The Morgan fingerprint density at radius 2 is 2.24 bits per heavy atom. The first-order valence-electron chi connectivity index (χ1n) is 6.17. The third kappa shape index (κ3) is 1.69. The molecular weight excluding hydrogens is 217 g/mol. The van der Waals surface area contributed by atoms with Gasteiger partial charge in [0.15, 0.2) is 5.78 Å². The quantitative estimate of drug-likeness (QED) is 0.686. The van der Waals surface area contributed by atoms with Crippen LogP contribution in [0.5, 0.6) is 0 Å². The number of halogens is 1. The van der Waals surface area contributed by atoms with Gasteiger partial charge in [0.2, 0.25) is 0 Å². The average Bonchev–Trinajstić information content (AvgIpc) is 2.30. The van der Waals surface area contributed by atoms with Crippen LogP contribution in [0.4, 0.5) is 4.39 Å². The molecular formula is C14H16FNO. The van der Waals surface area contributed by atoms with Crippen molar-refractivity contribution in [2.45, 2.75) is 18.8 Å². The number of likely N-dealkylation sites (tertiary alicyclic amines) is 1. The fourth-order valence-electron chi connectivity index (χ4n) is 3.24. The minimum atomic E-state index is -0.208. The van der Waals surface area contributed by atoms with Gasteiger partial charge in [-0.1, -0.05) is 12.1 Å². The SMILES string of the molecule is CN1CCC2CC(=O)c3cccc(F)c3C2C1. The van der Waals surface area contributed by atoms with Gasteiger partial charge in [0.05, 0.1) is 0 Å². The molecule has 1 fully saturated rings. The van der Waals surface area contributed by atoms with Crippen molar-refractivity contribution >= 4 is 5.78 Å². The summed E-state index contributed by atoms with van der Waals surface area (Å²) in [6.45, 7) is 1.88. The van der Waals surface area contributed by atoms with Crippen molar-refractivity contribution in [3.8, 4) is 0 Å². The Balaban J connectivity index is 2.10. The number of benzene rings is 1. The van der Waals surface area contributed by atoms with E-state index in [2.05, 4.69) is 11.9 Å². The number of likely N-dealkylation sites (N-methyl/N-ethyl adjacent to an activating group) is 1. The summed E-state index contributed by atoms with van der Waals surface area (Å²) in [7, 11) is 2.06. The first-order chi connectivity index (χ1) is 8.16. The predicted octanol–water partition coefficient (Wildman–Crippen LogP) is 2.45. The van der Waals surface area contributed by atoms with Crippen LogP contribution >= 0.6 is 0 Å². The molecule has 0 amide bonds. The molecule has 0 saturated carbocycles. The van der Waals surface area contributed by atoms with Crippen LogP contribution in [0.1, 0.15) is 34.7 Å². The summed E-state index contributed by atoms with van der Waals surface area (Å²) >= 11 is 0. The van der Waals surface area contributed by atoms with Gasteiger partial charge in [0.25, 0.3) is 0 Å². The van der Waals surface area contributed by atoms with E-state index in [1.54, 1.807) is 12.1 Å². The lowest BCUT2D eigenvalue weighted by Crippen LogP contribution is -2.40. The minimum absolute atomic E-state index is 0.116. The monoisotopic (exact) mass is 233 g/mol. The average molecular weight is 233 g/mol. The maximum absolute atomic E-state index is 14.0. The molecule has 1 saturated heterocycles. The van der Waals surface area contributed by atoms with Crippen LogP contribution in [0.25, 0.3) is 0 Å². The molecule has 1 aromatic rings. The van der Waals surface area contributed by atoms with Gasteiger partial charge in [-0.15, -0.1) is 0 Å². The molecule has 1 heterocycles. The molecule has 2 nitrogen and oxygen atoms in total. The highest BCUT2D eigenvalue weighted by Crippen LogP contribution is 2.41. The molecule has 3 rings (SSSR count). The molecule has 0 radical (unpaired) electrons. The molecule has 3 heteroatoms. The van der Waals surface area contributed by atoms with E-state index in [1.807, 2.05) is 0 Å². The molecule has 17 heavy (non-hydrogen) atoms. The minimum Gasteiger partial charge on any atom is -0.306 e. The van der Waals surface area contributed by atoms with Gasteiger partial charge in [-0.3, -0.25) is 4.79 Å². The Kier molecular flexibility index (Phi) is 2.51. The zero-order valence-corrected chi connectivity index (χ0v) is 9.95. The number of Topliss-reactive ketones (excluding diaryl/α,β-unsaturated/α-hetero) is 1. The number of nitrogens with zero attached hydrogens (tertiary/aromatic N) is 1. The largest absolute Gasteiger partial charge is 0.306 e. The van der Waals surface area contributed by atoms with Crippen LogP contribution in [-0.2, 0) is 0 Å². The Bertz CT molecular complexity index is 471. The Morgan fingerprint density at radius 3 is 3.06 bits per heavy atom. The Hall–Kier alpha value is -1.22. The van der Waals surface area contributed by atoms with Crippen molar-refractivity contribution in [1.82, 2.24) is 4.90 Å². The van der Waals surface area contributed by atoms with Crippen molar-refractivity contribution in [2.75, 3.05) is 20.1 Å². The van der Waals surface area contributed by atoms with E-state index in [-0.39, 0.29) is 17.5 Å². The fourth-order valence-corrected chi connectivity index (χ4v) is 3.24. The van der Waals surface area contributed by atoms with Gasteiger partial charge in [0.1, 0.15) is 5.82 Å². The lowest BCUT2D eigenvalue weighted by Gasteiger charge is -2.40. The lowest BCUT2D eigenvalue weighted by molar-refractivity contribution is 0.0883. The smallest absolute Gasteiger partial charge is 0.163 e. The van der Waals surface area contributed by atoms with E-state index < -0.39 is 0 Å². The van der Waals surface area contributed by atoms with Crippen molar-refractivity contribution in [1.29, 1.82) is 0 Å². The number of piperidine rings is 1. The number of carbonyl (C=O) groups excluding carboxylic acids is 1. The molecule has 2 atom stereocenters. The van der Waals surface area contributed by atoms with E-state index in [0.29, 0.717) is 23.5 Å². The second kappa shape index (κ2) is 3.91. The molecule has 1 aliphatic heterocycles. The number of rotatable bonds is 0. The van der Waals surface area contributed by atoms with Crippen molar-refractivity contribution < 1.29 is 9.18 Å². The molecule has 0 aromatic heterocycles. The van der Waals surface area contributed by atoms with E-state index >= 15 is 0 Å². The lowest BCUT2D eigenvalue weighted by atomic mass is 9.71. The number of carbonyl (C=O) groups is 1. The van der Waals surface area contributed by atoms with Crippen molar-refractivity contribution in [3.05, 3.63) is 35.1 Å². The highest BCUT2D eigenvalue weighted by molar-refractivity contribution is 5.99. The van der Waals surface area contributed by atoms with Crippen molar-refractivity contribution in [2.24, 2.45) is 5.92 Å². The molecule has 0 bridgehead atoms. The number of fused-ring (bicyclic) bond motifs is 3. The zero-order chi connectivity index (χ0) is 12.0. The second-order valence-corrected chi connectivity index (χ2v) is 5.25. The van der Waals surface area contributed by atoms with Crippen LogP contribution < -0.4 is 0 Å². The van der Waals surface area contributed by atoms with Gasteiger partial charge in [-0.2, -0.15) is 0 Å². The van der Waals surface area contributed by atoms with Gasteiger partial charge < -0.3 is 4.90 Å². The van der Waals surface area contributed by atoms with Gasteiger partial charge >= 0.3 is 0 Å². The van der Waals surface area contributed by atoms with Crippen LogP contribution in [0.2, 0.25) is 0 Å². The zero-order valence-electron chi connectivity index (χ0n) is 9.95. The van der Waals surface area contributed by atoms with E-state index in [4.69, 9.17) is 0 Å². The maximum atomic E-state index is 14.0. The fraction of sp³-hybridized carbons (Fsp3) is 0.500. The third-order valence-corrected chi connectivity index (χ3v) is 4.13. The number of hydrogen-bond acceptors (Lipinski definition) is 2.